The van der Waals surface area contributed by atoms with Crippen LogP contribution in [0.4, 0.5) is 0 Å². The van der Waals surface area contributed by atoms with Crippen molar-refractivity contribution in [3.63, 3.8) is 0 Å². The number of aromatic nitrogens is 2. The van der Waals surface area contributed by atoms with E-state index in [1.807, 2.05) is 13.8 Å². The van der Waals surface area contributed by atoms with Gasteiger partial charge in [0.1, 0.15) is 0 Å². The quantitative estimate of drug-likeness (QED) is 0.916. The van der Waals surface area contributed by atoms with Gasteiger partial charge in [-0.15, -0.1) is 0 Å². The van der Waals surface area contributed by atoms with Gasteiger partial charge in [0, 0.05) is 5.56 Å². The van der Waals surface area contributed by atoms with E-state index >= 15 is 0 Å². The number of rotatable bonds is 2. The van der Waals surface area contributed by atoms with Crippen molar-refractivity contribution in [2.24, 2.45) is 0 Å². The Kier molecular flexibility index (Phi) is 3.61. The number of nitriles is 1. The first-order valence-electron chi connectivity index (χ1n) is 5.90. The van der Waals surface area contributed by atoms with Crippen molar-refractivity contribution in [1.82, 2.24) is 9.78 Å². The Hall–Kier alpha value is -1.83. The zero-order chi connectivity index (χ0) is 14.2. The van der Waals surface area contributed by atoms with Gasteiger partial charge in [0.15, 0.2) is 0 Å². The number of halogens is 1. The zero-order valence-corrected chi connectivity index (χ0v) is 11.7. The van der Waals surface area contributed by atoms with Crippen LogP contribution in [-0.2, 0) is 0 Å². The van der Waals surface area contributed by atoms with Crippen LogP contribution in [0.15, 0.2) is 18.2 Å². The van der Waals surface area contributed by atoms with Crippen molar-refractivity contribution in [1.29, 1.82) is 5.26 Å². The fourth-order valence-electron chi connectivity index (χ4n) is 2.01. The molecule has 0 radical (unpaired) electrons. The molecule has 2 aromatic rings. The molecule has 98 valence electrons. The highest BCUT2D eigenvalue weighted by Crippen LogP contribution is 2.27. The first-order valence-corrected chi connectivity index (χ1v) is 6.27. The molecule has 0 aliphatic rings. The van der Waals surface area contributed by atoms with Crippen LogP contribution >= 0.6 is 11.6 Å². The lowest BCUT2D eigenvalue weighted by atomic mass is 10.1. The monoisotopic (exact) mass is 275 g/mol. The molecule has 0 aliphatic heterocycles. The topological polar surface area (TPSA) is 61.8 Å². The number of benzene rings is 1. The van der Waals surface area contributed by atoms with Gasteiger partial charge in [-0.3, -0.25) is 0 Å². The van der Waals surface area contributed by atoms with Crippen LogP contribution in [0.5, 0.6) is 0 Å². The van der Waals surface area contributed by atoms with Gasteiger partial charge < -0.3 is 5.11 Å². The summed E-state index contributed by atoms with van der Waals surface area (Å²) in [6.07, 6.45) is -0.648. The van der Waals surface area contributed by atoms with Gasteiger partial charge in [0.2, 0.25) is 0 Å². The van der Waals surface area contributed by atoms with E-state index in [0.717, 1.165) is 11.4 Å². The molecule has 0 fully saturated rings. The smallest absolute Gasteiger partial charge is 0.0992 e. The van der Waals surface area contributed by atoms with E-state index in [4.69, 9.17) is 16.9 Å². The number of hydrogen-bond donors (Lipinski definition) is 1. The molecule has 0 bridgehead atoms. The Balaban J connectivity index is 2.72. The number of hydrogen-bond acceptors (Lipinski definition) is 3. The number of nitrogens with zero attached hydrogens (tertiary/aromatic N) is 3. The summed E-state index contributed by atoms with van der Waals surface area (Å²) in [5.41, 5.74) is 3.42. The van der Waals surface area contributed by atoms with Crippen molar-refractivity contribution >= 4 is 11.6 Å². The van der Waals surface area contributed by atoms with E-state index in [9.17, 15) is 5.11 Å². The van der Waals surface area contributed by atoms with Crippen LogP contribution < -0.4 is 0 Å². The predicted molar refractivity (Wildman–Crippen MR) is 73.4 cm³/mol. The van der Waals surface area contributed by atoms with Crippen LogP contribution in [0, 0.1) is 25.2 Å². The van der Waals surface area contributed by atoms with Crippen molar-refractivity contribution in [2.75, 3.05) is 0 Å². The van der Waals surface area contributed by atoms with Crippen LogP contribution in [0.1, 0.15) is 35.5 Å². The molecule has 1 atom stereocenters. The van der Waals surface area contributed by atoms with Gasteiger partial charge in [-0.25, -0.2) is 4.68 Å². The summed E-state index contributed by atoms with van der Waals surface area (Å²) in [5, 5.41) is 23.8. The van der Waals surface area contributed by atoms with E-state index in [0.29, 0.717) is 21.8 Å². The number of aryl methyl sites for hydroxylation is 1. The minimum absolute atomic E-state index is 0.517. The van der Waals surface area contributed by atoms with E-state index in [1.54, 1.807) is 29.8 Å². The van der Waals surface area contributed by atoms with Crippen molar-refractivity contribution in [3.8, 4) is 11.8 Å². The Bertz CT molecular complexity index is 668. The van der Waals surface area contributed by atoms with Crippen LogP contribution in [0.3, 0.4) is 0 Å². The predicted octanol–water partition coefficient (Wildman–Crippen LogP) is 3.07. The molecule has 2 rings (SSSR count). The molecule has 1 N–H and O–H groups in total. The molecule has 1 aromatic carbocycles. The maximum Gasteiger partial charge on any atom is 0.0992 e. The zero-order valence-electron chi connectivity index (χ0n) is 11.0. The third-order valence-corrected chi connectivity index (χ3v) is 3.59. The highest BCUT2D eigenvalue weighted by Gasteiger charge is 2.16. The molecular weight excluding hydrogens is 262 g/mol. The SMILES string of the molecule is Cc1nn(-c2cc(C#N)ccc2C(C)O)c(C)c1Cl. The summed E-state index contributed by atoms with van der Waals surface area (Å²) in [5.74, 6) is 0. The first-order chi connectivity index (χ1) is 8.95. The van der Waals surface area contributed by atoms with E-state index < -0.39 is 6.10 Å². The fourth-order valence-corrected chi connectivity index (χ4v) is 2.13. The third-order valence-electron chi connectivity index (χ3n) is 3.04. The molecule has 0 amide bonds. The van der Waals surface area contributed by atoms with Crippen molar-refractivity contribution in [2.45, 2.75) is 26.9 Å². The second-order valence-corrected chi connectivity index (χ2v) is 4.84. The molecule has 0 spiro atoms. The van der Waals surface area contributed by atoms with Crippen LogP contribution in [-0.4, -0.2) is 14.9 Å². The van der Waals surface area contributed by atoms with Gasteiger partial charge in [0.25, 0.3) is 0 Å². The molecule has 0 saturated carbocycles. The highest BCUT2D eigenvalue weighted by atomic mass is 35.5. The molecule has 0 saturated heterocycles. The third kappa shape index (κ3) is 2.35. The second-order valence-electron chi connectivity index (χ2n) is 4.46. The maximum absolute atomic E-state index is 9.84. The van der Waals surface area contributed by atoms with Crippen LogP contribution in [0.25, 0.3) is 5.69 Å². The number of aliphatic hydroxyl groups excluding tert-OH is 1. The molecule has 19 heavy (non-hydrogen) atoms. The standard InChI is InChI=1S/C14H14ClN3O/c1-8-14(15)9(2)18(17-8)13-6-11(7-16)4-5-12(13)10(3)19/h4-6,10,19H,1-3H3. The van der Waals surface area contributed by atoms with Crippen molar-refractivity contribution < 1.29 is 5.11 Å². The minimum Gasteiger partial charge on any atom is -0.389 e. The normalized spacial score (nSPS) is 12.2. The van der Waals surface area contributed by atoms with E-state index in [2.05, 4.69) is 11.2 Å². The average Bonchev–Trinajstić information content (AvgIpc) is 2.65. The number of aliphatic hydroxyl groups is 1. The van der Waals surface area contributed by atoms with Gasteiger partial charge in [-0.05, 0) is 32.9 Å². The summed E-state index contributed by atoms with van der Waals surface area (Å²) in [6.45, 7) is 5.35. The molecule has 1 heterocycles. The van der Waals surface area contributed by atoms with Gasteiger partial charge in [-0.2, -0.15) is 10.4 Å². The molecule has 5 heteroatoms. The summed E-state index contributed by atoms with van der Waals surface area (Å²) in [6, 6.07) is 7.21. The first kappa shape index (κ1) is 13.6. The molecular formula is C14H14ClN3O. The second kappa shape index (κ2) is 5.04. The van der Waals surface area contributed by atoms with Gasteiger partial charge in [-0.1, -0.05) is 17.7 Å². The van der Waals surface area contributed by atoms with Gasteiger partial charge in [0.05, 0.1) is 39.8 Å². The summed E-state index contributed by atoms with van der Waals surface area (Å²) in [4.78, 5) is 0. The lowest BCUT2D eigenvalue weighted by molar-refractivity contribution is 0.199. The Morgan fingerprint density at radius 2 is 2.11 bits per heavy atom. The molecule has 4 nitrogen and oxygen atoms in total. The lowest BCUT2D eigenvalue weighted by Gasteiger charge is -2.13. The highest BCUT2D eigenvalue weighted by molar-refractivity contribution is 6.31. The van der Waals surface area contributed by atoms with E-state index in [1.165, 1.54) is 0 Å². The lowest BCUT2D eigenvalue weighted by Crippen LogP contribution is -2.06. The molecule has 1 aromatic heterocycles. The van der Waals surface area contributed by atoms with Crippen LogP contribution in [0.2, 0.25) is 5.02 Å². The minimum atomic E-state index is -0.648. The summed E-state index contributed by atoms with van der Waals surface area (Å²) < 4.78 is 1.67. The Morgan fingerprint density at radius 3 is 2.58 bits per heavy atom. The van der Waals surface area contributed by atoms with Gasteiger partial charge >= 0.3 is 0 Å². The largest absolute Gasteiger partial charge is 0.389 e. The maximum atomic E-state index is 9.84. The van der Waals surface area contributed by atoms with Crippen molar-refractivity contribution in [3.05, 3.63) is 45.7 Å². The molecule has 0 aliphatic carbocycles. The Morgan fingerprint density at radius 1 is 1.42 bits per heavy atom. The Labute approximate surface area is 116 Å². The fraction of sp³-hybridized carbons (Fsp3) is 0.286. The van der Waals surface area contributed by atoms with E-state index in [-0.39, 0.29) is 0 Å². The average molecular weight is 276 g/mol. The summed E-state index contributed by atoms with van der Waals surface area (Å²) in [7, 11) is 0. The molecule has 1 unspecified atom stereocenters. The summed E-state index contributed by atoms with van der Waals surface area (Å²) >= 11 is 6.14.